The molecule has 1 aromatic carbocycles. The molecule has 1 unspecified atom stereocenters. The number of carbonyl (C=O) groups is 3. The van der Waals surface area contributed by atoms with Gasteiger partial charge in [0.15, 0.2) is 0 Å². The lowest BCUT2D eigenvalue weighted by atomic mass is 10.0. The van der Waals surface area contributed by atoms with Gasteiger partial charge in [-0.15, -0.1) is 0 Å². The molecule has 3 amide bonds. The van der Waals surface area contributed by atoms with Crippen LogP contribution in [-0.2, 0) is 20.8 Å². The smallest absolute Gasteiger partial charge is 0.242 e. The standard InChI is InChI=1S/C18H22FN3O3/c19-13-3-1-2-12(10-13)11-17(24)22-8-6-14(7-9-22)20-18(25)15-4-5-16(23)21-15/h1-3,10,14-15H,4-9,11H2,(H,20,25)(H,21,23). The number of likely N-dealkylation sites (tertiary alicyclic amines) is 1. The zero-order chi connectivity index (χ0) is 17.8. The van der Waals surface area contributed by atoms with Crippen LogP contribution >= 0.6 is 0 Å². The summed E-state index contributed by atoms with van der Waals surface area (Å²) in [6.45, 7) is 1.13. The number of benzene rings is 1. The van der Waals surface area contributed by atoms with E-state index in [1.807, 2.05) is 0 Å². The molecule has 2 saturated heterocycles. The van der Waals surface area contributed by atoms with Crippen molar-refractivity contribution in [2.24, 2.45) is 0 Å². The molecule has 2 fully saturated rings. The summed E-state index contributed by atoms with van der Waals surface area (Å²) in [5.74, 6) is -0.600. The Bertz CT molecular complexity index is 671. The highest BCUT2D eigenvalue weighted by Crippen LogP contribution is 2.14. The molecule has 0 aromatic heterocycles. The fourth-order valence-electron chi connectivity index (χ4n) is 3.32. The average Bonchev–Trinajstić information content (AvgIpc) is 3.02. The molecule has 134 valence electrons. The van der Waals surface area contributed by atoms with Crippen molar-refractivity contribution in [1.29, 1.82) is 0 Å². The van der Waals surface area contributed by atoms with Crippen LogP contribution in [0.1, 0.15) is 31.2 Å². The van der Waals surface area contributed by atoms with Crippen LogP contribution in [0.2, 0.25) is 0 Å². The minimum absolute atomic E-state index is 0.0169. The second-order valence-corrected chi connectivity index (χ2v) is 6.63. The highest BCUT2D eigenvalue weighted by Gasteiger charge is 2.30. The Kier molecular flexibility index (Phi) is 5.31. The number of amides is 3. The van der Waals surface area contributed by atoms with Crippen LogP contribution in [0.4, 0.5) is 4.39 Å². The van der Waals surface area contributed by atoms with E-state index in [1.54, 1.807) is 17.0 Å². The van der Waals surface area contributed by atoms with E-state index < -0.39 is 6.04 Å². The van der Waals surface area contributed by atoms with Crippen LogP contribution in [0.25, 0.3) is 0 Å². The van der Waals surface area contributed by atoms with E-state index in [0.29, 0.717) is 44.3 Å². The van der Waals surface area contributed by atoms with Crippen LogP contribution < -0.4 is 10.6 Å². The van der Waals surface area contributed by atoms with Gasteiger partial charge in [-0.25, -0.2) is 4.39 Å². The normalized spacial score (nSPS) is 21.1. The van der Waals surface area contributed by atoms with E-state index in [2.05, 4.69) is 10.6 Å². The quantitative estimate of drug-likeness (QED) is 0.844. The molecule has 7 heteroatoms. The Labute approximate surface area is 145 Å². The Morgan fingerprint density at radius 3 is 2.64 bits per heavy atom. The lowest BCUT2D eigenvalue weighted by Gasteiger charge is -2.33. The van der Waals surface area contributed by atoms with Gasteiger partial charge < -0.3 is 15.5 Å². The molecule has 3 rings (SSSR count). The molecule has 0 saturated carbocycles. The third-order valence-corrected chi connectivity index (χ3v) is 4.75. The molecule has 2 aliphatic rings. The molecule has 2 heterocycles. The summed E-state index contributed by atoms with van der Waals surface area (Å²) in [7, 11) is 0. The number of nitrogens with zero attached hydrogens (tertiary/aromatic N) is 1. The summed E-state index contributed by atoms with van der Waals surface area (Å²) in [5.41, 5.74) is 0.664. The Morgan fingerprint density at radius 2 is 2.00 bits per heavy atom. The first-order valence-electron chi connectivity index (χ1n) is 8.63. The summed E-state index contributed by atoms with van der Waals surface area (Å²) >= 11 is 0. The predicted octanol–water partition coefficient (Wildman–Crippen LogP) is 0.754. The molecule has 0 bridgehead atoms. The third-order valence-electron chi connectivity index (χ3n) is 4.75. The minimum atomic E-state index is -0.430. The predicted molar refractivity (Wildman–Crippen MR) is 89.0 cm³/mol. The lowest BCUT2D eigenvalue weighted by molar-refractivity contribution is -0.132. The number of hydrogen-bond donors (Lipinski definition) is 2. The summed E-state index contributed by atoms with van der Waals surface area (Å²) in [4.78, 5) is 37.4. The summed E-state index contributed by atoms with van der Waals surface area (Å²) < 4.78 is 13.2. The number of hydrogen-bond acceptors (Lipinski definition) is 3. The summed E-state index contributed by atoms with van der Waals surface area (Å²) in [6.07, 6.45) is 2.48. The molecular weight excluding hydrogens is 325 g/mol. The van der Waals surface area contributed by atoms with Gasteiger partial charge in [0.2, 0.25) is 17.7 Å². The maximum Gasteiger partial charge on any atom is 0.242 e. The molecule has 6 nitrogen and oxygen atoms in total. The van der Waals surface area contributed by atoms with E-state index >= 15 is 0 Å². The van der Waals surface area contributed by atoms with Crippen LogP contribution in [0.3, 0.4) is 0 Å². The monoisotopic (exact) mass is 347 g/mol. The van der Waals surface area contributed by atoms with Crippen molar-refractivity contribution in [3.63, 3.8) is 0 Å². The van der Waals surface area contributed by atoms with Gasteiger partial charge in [-0.2, -0.15) is 0 Å². The molecule has 1 atom stereocenters. The molecule has 25 heavy (non-hydrogen) atoms. The number of rotatable bonds is 4. The van der Waals surface area contributed by atoms with Crippen molar-refractivity contribution < 1.29 is 18.8 Å². The molecule has 0 spiro atoms. The first-order valence-corrected chi connectivity index (χ1v) is 8.63. The van der Waals surface area contributed by atoms with Crippen molar-refractivity contribution in [3.8, 4) is 0 Å². The van der Waals surface area contributed by atoms with Gasteiger partial charge in [0.25, 0.3) is 0 Å². The zero-order valence-electron chi connectivity index (χ0n) is 14.0. The second-order valence-electron chi connectivity index (χ2n) is 6.63. The zero-order valence-corrected chi connectivity index (χ0v) is 14.0. The summed E-state index contributed by atoms with van der Waals surface area (Å²) in [5, 5.41) is 5.61. The summed E-state index contributed by atoms with van der Waals surface area (Å²) in [6, 6.07) is 5.66. The lowest BCUT2D eigenvalue weighted by Crippen LogP contribution is -2.50. The van der Waals surface area contributed by atoms with Crippen molar-refractivity contribution >= 4 is 17.7 Å². The molecular formula is C18H22FN3O3. The van der Waals surface area contributed by atoms with Crippen molar-refractivity contribution in [2.75, 3.05) is 13.1 Å². The maximum absolute atomic E-state index is 13.2. The SMILES string of the molecule is O=C1CCC(C(=O)NC2CCN(C(=O)Cc3cccc(F)c3)CC2)N1. The number of carbonyl (C=O) groups excluding carboxylic acids is 3. The van der Waals surface area contributed by atoms with Crippen LogP contribution in [0, 0.1) is 5.82 Å². The van der Waals surface area contributed by atoms with E-state index in [9.17, 15) is 18.8 Å². The van der Waals surface area contributed by atoms with Crippen molar-refractivity contribution in [3.05, 3.63) is 35.6 Å². The highest BCUT2D eigenvalue weighted by atomic mass is 19.1. The number of nitrogens with one attached hydrogen (secondary N) is 2. The highest BCUT2D eigenvalue weighted by molar-refractivity contribution is 5.90. The second kappa shape index (κ2) is 7.63. The van der Waals surface area contributed by atoms with Crippen LogP contribution in [-0.4, -0.2) is 47.8 Å². The van der Waals surface area contributed by atoms with Gasteiger partial charge in [-0.1, -0.05) is 12.1 Å². The molecule has 1 aromatic rings. The third kappa shape index (κ3) is 4.55. The Morgan fingerprint density at radius 1 is 1.24 bits per heavy atom. The first-order chi connectivity index (χ1) is 12.0. The van der Waals surface area contributed by atoms with E-state index in [0.717, 1.165) is 0 Å². The Balaban J connectivity index is 1.44. The van der Waals surface area contributed by atoms with E-state index in [-0.39, 0.29) is 36.0 Å². The van der Waals surface area contributed by atoms with E-state index in [4.69, 9.17) is 0 Å². The average molecular weight is 347 g/mol. The molecule has 0 aliphatic carbocycles. The Hall–Kier alpha value is -2.44. The largest absolute Gasteiger partial charge is 0.351 e. The molecule has 2 aliphatic heterocycles. The van der Waals surface area contributed by atoms with E-state index in [1.165, 1.54) is 12.1 Å². The number of halogens is 1. The van der Waals surface area contributed by atoms with Crippen molar-refractivity contribution in [1.82, 2.24) is 15.5 Å². The van der Waals surface area contributed by atoms with Crippen LogP contribution in [0.5, 0.6) is 0 Å². The minimum Gasteiger partial charge on any atom is -0.351 e. The first kappa shape index (κ1) is 17.4. The van der Waals surface area contributed by atoms with Gasteiger partial charge in [0.1, 0.15) is 11.9 Å². The fraction of sp³-hybridized carbons (Fsp3) is 0.500. The fourth-order valence-corrected chi connectivity index (χ4v) is 3.32. The maximum atomic E-state index is 13.2. The van der Waals surface area contributed by atoms with Crippen molar-refractivity contribution in [2.45, 2.75) is 44.2 Å². The molecule has 2 N–H and O–H groups in total. The van der Waals surface area contributed by atoms with Crippen LogP contribution in [0.15, 0.2) is 24.3 Å². The molecule has 0 radical (unpaired) electrons. The van der Waals surface area contributed by atoms with Gasteiger partial charge in [0.05, 0.1) is 6.42 Å². The van der Waals surface area contributed by atoms with Gasteiger partial charge in [0, 0.05) is 25.6 Å². The topological polar surface area (TPSA) is 78.5 Å². The van der Waals surface area contributed by atoms with Gasteiger partial charge in [-0.3, -0.25) is 14.4 Å². The van der Waals surface area contributed by atoms with Gasteiger partial charge >= 0.3 is 0 Å². The number of piperidine rings is 1. The van der Waals surface area contributed by atoms with Gasteiger partial charge in [-0.05, 0) is 37.0 Å².